The minimum atomic E-state index is -4.43. The fourth-order valence-electron chi connectivity index (χ4n) is 3.70. The number of benzene rings is 1. The molecule has 0 saturated carbocycles. The number of carbonyl (C=O) groups is 1. The number of fused-ring (bicyclic) bond motifs is 1. The standard InChI is InChI=1S/C19H22F3N3O.CH5NO/c1-13-10-14(23-8-3-9-26)12-25(11-13)17-6-5-16(19(20,21)22)18-15(17)4-2-7-24-18;1-2-3/h2,4-7,9,13-14,23H,3,8,10-12H2,1H3;2-3H,1H3. The highest BCUT2D eigenvalue weighted by atomic mass is 19.4. The minimum absolute atomic E-state index is 0.0128. The first-order chi connectivity index (χ1) is 13.8. The first kappa shape index (κ1) is 23.1. The van der Waals surface area contributed by atoms with E-state index < -0.39 is 11.7 Å². The first-order valence-corrected chi connectivity index (χ1v) is 9.49. The Balaban J connectivity index is 0.000000941. The number of aldehydes is 1. The zero-order valence-corrected chi connectivity index (χ0v) is 16.5. The van der Waals surface area contributed by atoms with Gasteiger partial charge in [0.15, 0.2) is 0 Å². The van der Waals surface area contributed by atoms with E-state index in [1.54, 1.807) is 23.7 Å². The molecule has 9 heteroatoms. The fraction of sp³-hybridized carbons (Fsp3) is 0.500. The van der Waals surface area contributed by atoms with E-state index in [1.807, 2.05) is 0 Å². The molecule has 2 atom stereocenters. The number of anilines is 1. The Kier molecular flexibility index (Phi) is 8.36. The van der Waals surface area contributed by atoms with E-state index in [-0.39, 0.29) is 11.6 Å². The first-order valence-electron chi connectivity index (χ1n) is 9.49. The summed E-state index contributed by atoms with van der Waals surface area (Å²) in [6.07, 6.45) is -0.723. The Morgan fingerprint density at radius 2 is 2.03 bits per heavy atom. The molecule has 29 heavy (non-hydrogen) atoms. The van der Waals surface area contributed by atoms with Crippen LogP contribution >= 0.6 is 0 Å². The molecule has 1 saturated heterocycles. The number of piperidine rings is 1. The predicted molar refractivity (Wildman–Crippen MR) is 106 cm³/mol. The summed E-state index contributed by atoms with van der Waals surface area (Å²) in [5.41, 5.74) is 1.80. The monoisotopic (exact) mass is 412 g/mol. The van der Waals surface area contributed by atoms with Gasteiger partial charge in [0.05, 0.1) is 11.1 Å². The third-order valence-electron chi connectivity index (χ3n) is 4.75. The Bertz CT molecular complexity index is 801. The molecule has 1 aliphatic rings. The van der Waals surface area contributed by atoms with E-state index >= 15 is 0 Å². The van der Waals surface area contributed by atoms with Gasteiger partial charge in [-0.1, -0.05) is 6.92 Å². The number of rotatable bonds is 5. The molecule has 3 rings (SSSR count). The van der Waals surface area contributed by atoms with Crippen LogP contribution in [-0.4, -0.2) is 49.2 Å². The van der Waals surface area contributed by atoms with Crippen molar-refractivity contribution in [1.29, 1.82) is 0 Å². The van der Waals surface area contributed by atoms with E-state index in [1.165, 1.54) is 13.2 Å². The average molecular weight is 412 g/mol. The number of carbonyl (C=O) groups excluding carboxylic acids is 1. The summed E-state index contributed by atoms with van der Waals surface area (Å²) >= 11 is 0. The van der Waals surface area contributed by atoms with Gasteiger partial charge in [-0.15, -0.1) is 0 Å². The van der Waals surface area contributed by atoms with Gasteiger partial charge in [0.2, 0.25) is 0 Å². The lowest BCUT2D eigenvalue weighted by Gasteiger charge is -2.39. The summed E-state index contributed by atoms with van der Waals surface area (Å²) < 4.78 is 39.9. The number of alkyl halides is 3. The Morgan fingerprint density at radius 3 is 2.69 bits per heavy atom. The molecule has 3 N–H and O–H groups in total. The molecule has 2 aromatic rings. The van der Waals surface area contributed by atoms with Crippen LogP contribution in [0, 0.1) is 5.92 Å². The number of halogens is 3. The summed E-state index contributed by atoms with van der Waals surface area (Å²) in [7, 11) is 1.43. The molecule has 1 aliphatic heterocycles. The van der Waals surface area contributed by atoms with Gasteiger partial charge in [-0.2, -0.15) is 13.2 Å². The van der Waals surface area contributed by atoms with E-state index in [0.29, 0.717) is 30.8 Å². The number of aromatic nitrogens is 1. The summed E-state index contributed by atoms with van der Waals surface area (Å²) in [5.74, 6) is 0.395. The summed E-state index contributed by atoms with van der Waals surface area (Å²) in [5, 5.41) is 11.2. The lowest BCUT2D eigenvalue weighted by molar-refractivity contribution is -0.136. The Labute approximate surface area is 168 Å². The zero-order valence-electron chi connectivity index (χ0n) is 16.5. The normalized spacial score (nSPS) is 19.6. The van der Waals surface area contributed by atoms with Crippen molar-refractivity contribution >= 4 is 22.9 Å². The van der Waals surface area contributed by atoms with Crippen LogP contribution in [0.4, 0.5) is 18.9 Å². The molecule has 0 bridgehead atoms. The number of nitrogens with zero attached hydrogens (tertiary/aromatic N) is 2. The summed E-state index contributed by atoms with van der Waals surface area (Å²) in [6, 6.07) is 6.24. The lowest BCUT2D eigenvalue weighted by atomic mass is 9.94. The van der Waals surface area contributed by atoms with Crippen molar-refractivity contribution in [3.63, 3.8) is 0 Å². The summed E-state index contributed by atoms with van der Waals surface area (Å²) in [4.78, 5) is 16.6. The quantitative estimate of drug-likeness (QED) is 0.398. The van der Waals surface area contributed by atoms with Crippen molar-refractivity contribution in [3.05, 3.63) is 36.0 Å². The zero-order chi connectivity index (χ0) is 21.4. The molecule has 1 fully saturated rings. The van der Waals surface area contributed by atoms with Gasteiger partial charge in [-0.3, -0.25) is 4.98 Å². The van der Waals surface area contributed by atoms with Crippen LogP contribution in [-0.2, 0) is 11.0 Å². The highest BCUT2D eigenvalue weighted by Crippen LogP contribution is 2.38. The number of hydrogen-bond donors (Lipinski definition) is 3. The largest absolute Gasteiger partial charge is 0.418 e. The van der Waals surface area contributed by atoms with Gasteiger partial charge in [-0.25, -0.2) is 5.48 Å². The van der Waals surface area contributed by atoms with Crippen molar-refractivity contribution in [2.75, 3.05) is 31.6 Å². The minimum Gasteiger partial charge on any atom is -0.369 e. The van der Waals surface area contributed by atoms with Crippen LogP contribution in [0.1, 0.15) is 25.3 Å². The third kappa shape index (κ3) is 6.12. The molecular weight excluding hydrogens is 385 g/mol. The highest BCUT2D eigenvalue weighted by molar-refractivity contribution is 5.94. The van der Waals surface area contributed by atoms with E-state index in [0.717, 1.165) is 31.0 Å². The Morgan fingerprint density at radius 1 is 1.31 bits per heavy atom. The van der Waals surface area contributed by atoms with Gasteiger partial charge >= 0.3 is 6.18 Å². The SMILES string of the molecule is CC1CC(NCCC=O)CN(c2ccc(C(F)(F)F)c3ncccc23)C1.CNO. The van der Waals surface area contributed by atoms with Crippen LogP contribution in [0.25, 0.3) is 10.9 Å². The molecular formula is C20H27F3N4O2. The second kappa shape index (κ2) is 10.5. The predicted octanol–water partition coefficient (Wildman–Crippen LogP) is 3.24. The smallest absolute Gasteiger partial charge is 0.369 e. The highest BCUT2D eigenvalue weighted by Gasteiger charge is 2.34. The molecule has 0 spiro atoms. The van der Waals surface area contributed by atoms with Crippen molar-refractivity contribution < 1.29 is 23.2 Å². The molecule has 1 aromatic carbocycles. The maximum absolute atomic E-state index is 13.3. The van der Waals surface area contributed by atoms with Gasteiger partial charge < -0.3 is 20.2 Å². The fourth-order valence-corrected chi connectivity index (χ4v) is 3.70. The van der Waals surface area contributed by atoms with Gasteiger partial charge in [-0.05, 0) is 36.6 Å². The molecule has 2 unspecified atom stereocenters. The van der Waals surface area contributed by atoms with Crippen LogP contribution in [0.3, 0.4) is 0 Å². The number of hydrogen-bond acceptors (Lipinski definition) is 6. The number of hydroxylamine groups is 1. The van der Waals surface area contributed by atoms with Crippen molar-refractivity contribution in [3.8, 4) is 0 Å². The van der Waals surface area contributed by atoms with Crippen molar-refractivity contribution in [1.82, 2.24) is 15.8 Å². The average Bonchev–Trinajstić information content (AvgIpc) is 2.67. The summed E-state index contributed by atoms with van der Waals surface area (Å²) in [6.45, 7) is 4.22. The molecule has 6 nitrogen and oxygen atoms in total. The van der Waals surface area contributed by atoms with Crippen LogP contribution < -0.4 is 15.7 Å². The maximum Gasteiger partial charge on any atom is 0.418 e. The molecule has 0 amide bonds. The van der Waals surface area contributed by atoms with E-state index in [9.17, 15) is 18.0 Å². The Hall–Kier alpha value is -2.23. The molecule has 0 aliphatic carbocycles. The molecule has 2 heterocycles. The van der Waals surface area contributed by atoms with Gasteiger partial charge in [0.25, 0.3) is 0 Å². The van der Waals surface area contributed by atoms with Crippen molar-refractivity contribution in [2.24, 2.45) is 5.92 Å². The van der Waals surface area contributed by atoms with E-state index in [4.69, 9.17) is 5.21 Å². The third-order valence-corrected chi connectivity index (χ3v) is 4.75. The number of nitrogens with one attached hydrogen (secondary N) is 2. The van der Waals surface area contributed by atoms with E-state index in [2.05, 4.69) is 22.1 Å². The van der Waals surface area contributed by atoms with Gasteiger partial charge in [0, 0.05) is 56.4 Å². The van der Waals surface area contributed by atoms with Crippen LogP contribution in [0.2, 0.25) is 0 Å². The number of pyridine rings is 1. The van der Waals surface area contributed by atoms with Crippen molar-refractivity contribution in [2.45, 2.75) is 32.0 Å². The molecule has 1 aromatic heterocycles. The van der Waals surface area contributed by atoms with Crippen LogP contribution in [0.5, 0.6) is 0 Å². The lowest BCUT2D eigenvalue weighted by Crippen LogP contribution is -2.49. The second-order valence-electron chi connectivity index (χ2n) is 7.11. The second-order valence-corrected chi connectivity index (χ2v) is 7.11. The molecule has 160 valence electrons. The topological polar surface area (TPSA) is 77.5 Å². The van der Waals surface area contributed by atoms with Crippen LogP contribution in [0.15, 0.2) is 30.5 Å². The molecule has 0 radical (unpaired) electrons. The maximum atomic E-state index is 13.3. The van der Waals surface area contributed by atoms with Gasteiger partial charge in [0.1, 0.15) is 6.29 Å².